The Bertz CT molecular complexity index is 540. The Morgan fingerprint density at radius 2 is 1.79 bits per heavy atom. The zero-order chi connectivity index (χ0) is 14.0. The molecule has 1 heterocycles. The summed E-state index contributed by atoms with van der Waals surface area (Å²) in [7, 11) is 0. The average molecular weight is 279 g/mol. The SMILES string of the molecule is CC(C)(C)c1ccc(C(NN)c2ccoc2Cl)cc1. The lowest BCUT2D eigenvalue weighted by atomic mass is 9.86. The highest BCUT2D eigenvalue weighted by atomic mass is 35.5. The van der Waals surface area contributed by atoms with Gasteiger partial charge in [-0.05, 0) is 34.2 Å². The minimum atomic E-state index is -0.166. The number of hydrogen-bond acceptors (Lipinski definition) is 3. The van der Waals surface area contributed by atoms with Crippen molar-refractivity contribution in [3.63, 3.8) is 0 Å². The normalized spacial score (nSPS) is 13.5. The number of hydrazine groups is 1. The second kappa shape index (κ2) is 5.37. The summed E-state index contributed by atoms with van der Waals surface area (Å²) in [6.07, 6.45) is 1.56. The lowest BCUT2D eigenvalue weighted by Gasteiger charge is -2.21. The Hall–Kier alpha value is -1.29. The minimum absolute atomic E-state index is 0.136. The fraction of sp³-hybridized carbons (Fsp3) is 0.333. The van der Waals surface area contributed by atoms with Gasteiger partial charge < -0.3 is 4.42 Å². The summed E-state index contributed by atoms with van der Waals surface area (Å²) in [5.74, 6) is 5.64. The monoisotopic (exact) mass is 278 g/mol. The fourth-order valence-corrected chi connectivity index (χ4v) is 2.27. The van der Waals surface area contributed by atoms with Gasteiger partial charge in [0.2, 0.25) is 0 Å². The predicted molar refractivity (Wildman–Crippen MR) is 78.0 cm³/mol. The molecule has 1 aromatic carbocycles. The van der Waals surface area contributed by atoms with Crippen molar-refractivity contribution >= 4 is 11.6 Å². The number of rotatable bonds is 3. The standard InChI is InChI=1S/C15H19ClN2O/c1-15(2,3)11-6-4-10(5-7-11)13(18-17)12-8-9-19-14(12)16/h4-9,13,18H,17H2,1-3H3. The molecule has 102 valence electrons. The Morgan fingerprint density at radius 3 is 2.21 bits per heavy atom. The van der Waals surface area contributed by atoms with Crippen LogP contribution in [0.15, 0.2) is 41.0 Å². The highest BCUT2D eigenvalue weighted by Gasteiger charge is 2.19. The first-order valence-corrected chi connectivity index (χ1v) is 6.60. The molecular formula is C15H19ClN2O. The molecule has 0 saturated heterocycles. The number of furan rings is 1. The van der Waals surface area contributed by atoms with Gasteiger partial charge in [0.25, 0.3) is 0 Å². The van der Waals surface area contributed by atoms with Crippen molar-refractivity contribution in [2.24, 2.45) is 5.84 Å². The van der Waals surface area contributed by atoms with Gasteiger partial charge in [-0.25, -0.2) is 5.43 Å². The van der Waals surface area contributed by atoms with Gasteiger partial charge in [-0.15, -0.1) is 0 Å². The number of halogens is 1. The predicted octanol–water partition coefficient (Wildman–Crippen LogP) is 3.78. The van der Waals surface area contributed by atoms with Crippen LogP contribution in [0.2, 0.25) is 5.22 Å². The summed E-state index contributed by atoms with van der Waals surface area (Å²) >= 11 is 6.00. The zero-order valence-electron chi connectivity index (χ0n) is 11.4. The third kappa shape index (κ3) is 3.00. The Balaban J connectivity index is 2.33. The van der Waals surface area contributed by atoms with E-state index in [0.717, 1.165) is 11.1 Å². The lowest BCUT2D eigenvalue weighted by Crippen LogP contribution is -2.28. The smallest absolute Gasteiger partial charge is 0.198 e. The van der Waals surface area contributed by atoms with E-state index in [-0.39, 0.29) is 11.5 Å². The van der Waals surface area contributed by atoms with E-state index in [4.69, 9.17) is 21.9 Å². The van der Waals surface area contributed by atoms with Gasteiger partial charge in [-0.2, -0.15) is 0 Å². The number of nitrogens with one attached hydrogen (secondary N) is 1. The second-order valence-corrected chi connectivity index (χ2v) is 5.96. The third-order valence-electron chi connectivity index (χ3n) is 3.23. The highest BCUT2D eigenvalue weighted by Crippen LogP contribution is 2.30. The third-order valence-corrected chi connectivity index (χ3v) is 3.54. The average Bonchev–Trinajstić information content (AvgIpc) is 2.76. The van der Waals surface area contributed by atoms with Crippen molar-refractivity contribution < 1.29 is 4.42 Å². The summed E-state index contributed by atoms with van der Waals surface area (Å²) < 4.78 is 5.12. The van der Waals surface area contributed by atoms with E-state index in [1.165, 1.54) is 5.56 Å². The fourth-order valence-electron chi connectivity index (χ4n) is 2.05. The van der Waals surface area contributed by atoms with Gasteiger partial charge in [0.1, 0.15) is 0 Å². The summed E-state index contributed by atoms with van der Waals surface area (Å²) in [6, 6.07) is 10.0. The van der Waals surface area contributed by atoms with E-state index in [1.54, 1.807) is 6.26 Å². The largest absolute Gasteiger partial charge is 0.453 e. The molecule has 0 amide bonds. The maximum absolute atomic E-state index is 6.00. The van der Waals surface area contributed by atoms with Crippen molar-refractivity contribution in [2.45, 2.75) is 32.2 Å². The molecule has 2 aromatic rings. The molecule has 0 fully saturated rings. The second-order valence-electron chi connectivity index (χ2n) is 5.62. The number of hydrogen-bond donors (Lipinski definition) is 2. The lowest BCUT2D eigenvalue weighted by molar-refractivity contribution is 0.555. The molecule has 4 heteroatoms. The Kier molecular flexibility index (Phi) is 3.99. The van der Waals surface area contributed by atoms with Crippen LogP contribution < -0.4 is 11.3 Å². The zero-order valence-corrected chi connectivity index (χ0v) is 12.2. The molecule has 1 atom stereocenters. The van der Waals surface area contributed by atoms with Crippen LogP contribution in [0.3, 0.4) is 0 Å². The van der Waals surface area contributed by atoms with Crippen LogP contribution in [-0.4, -0.2) is 0 Å². The van der Waals surface area contributed by atoms with Crippen LogP contribution in [0.1, 0.15) is 43.5 Å². The maximum atomic E-state index is 6.00. The van der Waals surface area contributed by atoms with E-state index >= 15 is 0 Å². The summed E-state index contributed by atoms with van der Waals surface area (Å²) in [6.45, 7) is 6.56. The van der Waals surface area contributed by atoms with E-state index in [1.807, 2.05) is 6.07 Å². The molecule has 0 radical (unpaired) electrons. The van der Waals surface area contributed by atoms with Crippen molar-refractivity contribution in [3.8, 4) is 0 Å². The number of nitrogens with two attached hydrogens (primary N) is 1. The highest BCUT2D eigenvalue weighted by molar-refractivity contribution is 6.29. The molecule has 0 spiro atoms. The first kappa shape index (κ1) is 14.1. The molecule has 0 bridgehead atoms. The van der Waals surface area contributed by atoms with Crippen molar-refractivity contribution in [3.05, 3.63) is 58.5 Å². The minimum Gasteiger partial charge on any atom is -0.453 e. The van der Waals surface area contributed by atoms with E-state index in [2.05, 4.69) is 50.5 Å². The molecule has 1 aromatic heterocycles. The molecule has 19 heavy (non-hydrogen) atoms. The molecule has 3 nitrogen and oxygen atoms in total. The van der Waals surface area contributed by atoms with Crippen molar-refractivity contribution in [1.29, 1.82) is 0 Å². The maximum Gasteiger partial charge on any atom is 0.198 e. The van der Waals surface area contributed by atoms with Gasteiger partial charge in [0, 0.05) is 5.56 Å². The van der Waals surface area contributed by atoms with Crippen LogP contribution in [0.5, 0.6) is 0 Å². The quantitative estimate of drug-likeness (QED) is 0.663. The van der Waals surface area contributed by atoms with Crippen LogP contribution in [-0.2, 0) is 5.41 Å². The topological polar surface area (TPSA) is 51.2 Å². The van der Waals surface area contributed by atoms with Crippen LogP contribution >= 0.6 is 11.6 Å². The molecule has 0 aliphatic carbocycles. The van der Waals surface area contributed by atoms with Gasteiger partial charge in [0.15, 0.2) is 5.22 Å². The van der Waals surface area contributed by atoms with Crippen LogP contribution in [0, 0.1) is 0 Å². The Labute approximate surface area is 118 Å². The van der Waals surface area contributed by atoms with Gasteiger partial charge in [-0.3, -0.25) is 5.84 Å². The van der Waals surface area contributed by atoms with Crippen LogP contribution in [0.25, 0.3) is 0 Å². The van der Waals surface area contributed by atoms with Crippen LogP contribution in [0.4, 0.5) is 0 Å². The van der Waals surface area contributed by atoms with Gasteiger partial charge >= 0.3 is 0 Å². The van der Waals surface area contributed by atoms with E-state index in [9.17, 15) is 0 Å². The summed E-state index contributed by atoms with van der Waals surface area (Å²) in [5, 5.41) is 0.364. The van der Waals surface area contributed by atoms with Crippen molar-refractivity contribution in [1.82, 2.24) is 5.43 Å². The molecule has 2 rings (SSSR count). The van der Waals surface area contributed by atoms with Gasteiger partial charge in [-0.1, -0.05) is 45.0 Å². The summed E-state index contributed by atoms with van der Waals surface area (Å²) in [5.41, 5.74) is 6.09. The number of benzene rings is 1. The van der Waals surface area contributed by atoms with Crippen molar-refractivity contribution in [2.75, 3.05) is 0 Å². The van der Waals surface area contributed by atoms with E-state index < -0.39 is 0 Å². The molecular weight excluding hydrogens is 260 g/mol. The molecule has 0 aliphatic rings. The molecule has 0 aliphatic heterocycles. The van der Waals surface area contributed by atoms with E-state index in [0.29, 0.717) is 5.22 Å². The molecule has 0 saturated carbocycles. The first-order chi connectivity index (χ1) is 8.93. The Morgan fingerprint density at radius 1 is 1.16 bits per heavy atom. The molecule has 3 N–H and O–H groups in total. The first-order valence-electron chi connectivity index (χ1n) is 6.23. The molecule has 1 unspecified atom stereocenters. The van der Waals surface area contributed by atoms with Gasteiger partial charge in [0.05, 0.1) is 12.3 Å². The summed E-state index contributed by atoms with van der Waals surface area (Å²) in [4.78, 5) is 0.